The van der Waals surface area contributed by atoms with E-state index >= 15 is 0 Å². The molecule has 2 rings (SSSR count). The third-order valence-corrected chi connectivity index (χ3v) is 2.48. The van der Waals surface area contributed by atoms with Gasteiger partial charge in [0.05, 0.1) is 12.2 Å². The summed E-state index contributed by atoms with van der Waals surface area (Å²) in [5.74, 6) is 0.133. The number of ether oxygens (including phenoxy) is 1. The molecule has 0 bridgehead atoms. The van der Waals surface area contributed by atoms with Crippen molar-refractivity contribution in [2.24, 2.45) is 0 Å². The Labute approximate surface area is 82.3 Å². The second kappa shape index (κ2) is 3.24. The van der Waals surface area contributed by atoms with Crippen molar-refractivity contribution < 1.29 is 14.2 Å². The molecule has 2 nitrogen and oxygen atoms in total. The summed E-state index contributed by atoms with van der Waals surface area (Å²) >= 11 is 0. The molecule has 0 aliphatic heterocycles. The summed E-state index contributed by atoms with van der Waals surface area (Å²) < 4.78 is 18.6. The van der Waals surface area contributed by atoms with E-state index in [1.807, 2.05) is 6.92 Å². The maximum atomic E-state index is 13.5. The highest BCUT2D eigenvalue weighted by molar-refractivity contribution is 5.35. The van der Waals surface area contributed by atoms with Gasteiger partial charge in [-0.3, -0.25) is 0 Å². The minimum atomic E-state index is -0.908. The molecule has 3 heteroatoms. The molecule has 76 valence electrons. The maximum Gasteiger partial charge on any atom is 0.132 e. The smallest absolute Gasteiger partial charge is 0.132 e. The minimum Gasteiger partial charge on any atom is -0.494 e. The van der Waals surface area contributed by atoms with Crippen molar-refractivity contribution in [1.29, 1.82) is 0 Å². The van der Waals surface area contributed by atoms with Crippen LogP contribution >= 0.6 is 0 Å². The highest BCUT2D eigenvalue weighted by Gasteiger charge is 2.44. The van der Waals surface area contributed by atoms with E-state index in [4.69, 9.17) is 4.74 Å². The molecule has 0 amide bonds. The SMILES string of the molecule is CCOc1ccc(C2(O)CC2)c(F)c1. The van der Waals surface area contributed by atoms with Gasteiger partial charge < -0.3 is 9.84 Å². The van der Waals surface area contributed by atoms with Crippen LogP contribution in [0.3, 0.4) is 0 Å². The fourth-order valence-corrected chi connectivity index (χ4v) is 1.52. The van der Waals surface area contributed by atoms with E-state index in [0.717, 1.165) is 0 Å². The van der Waals surface area contributed by atoms with Gasteiger partial charge in [0.2, 0.25) is 0 Å². The first kappa shape index (κ1) is 9.46. The zero-order chi connectivity index (χ0) is 10.2. The normalized spacial score (nSPS) is 17.9. The van der Waals surface area contributed by atoms with E-state index in [9.17, 15) is 9.50 Å². The highest BCUT2D eigenvalue weighted by Crippen LogP contribution is 2.46. The molecule has 0 saturated heterocycles. The number of rotatable bonds is 3. The lowest BCUT2D eigenvalue weighted by Crippen LogP contribution is -2.07. The Morgan fingerprint density at radius 2 is 2.21 bits per heavy atom. The molecule has 1 saturated carbocycles. The molecule has 0 aromatic heterocycles. The molecule has 0 spiro atoms. The molecule has 1 N–H and O–H groups in total. The van der Waals surface area contributed by atoms with Crippen LogP contribution in [0, 0.1) is 5.82 Å². The number of hydrogen-bond donors (Lipinski definition) is 1. The predicted octanol–water partition coefficient (Wildman–Crippen LogP) is 2.21. The van der Waals surface area contributed by atoms with E-state index in [1.54, 1.807) is 12.1 Å². The molecule has 1 aliphatic rings. The van der Waals surface area contributed by atoms with Gasteiger partial charge >= 0.3 is 0 Å². The predicted molar refractivity (Wildman–Crippen MR) is 50.7 cm³/mol. The first-order valence-electron chi connectivity index (χ1n) is 4.81. The molecule has 1 fully saturated rings. The molecule has 14 heavy (non-hydrogen) atoms. The van der Waals surface area contributed by atoms with Crippen LogP contribution in [0.4, 0.5) is 4.39 Å². The number of benzene rings is 1. The van der Waals surface area contributed by atoms with Gasteiger partial charge in [0.25, 0.3) is 0 Å². The average Bonchev–Trinajstić information content (AvgIpc) is 2.85. The Morgan fingerprint density at radius 3 is 2.71 bits per heavy atom. The van der Waals surface area contributed by atoms with Gasteiger partial charge in [-0.2, -0.15) is 0 Å². The van der Waals surface area contributed by atoms with Crippen LogP contribution in [-0.4, -0.2) is 11.7 Å². The standard InChI is InChI=1S/C11H13FO2/c1-2-14-8-3-4-9(10(12)7-8)11(13)5-6-11/h3-4,7,13H,2,5-6H2,1H3. The van der Waals surface area contributed by atoms with E-state index in [-0.39, 0.29) is 5.82 Å². The van der Waals surface area contributed by atoms with Crippen LogP contribution in [0.15, 0.2) is 18.2 Å². The van der Waals surface area contributed by atoms with E-state index in [0.29, 0.717) is 30.8 Å². The van der Waals surface area contributed by atoms with Gasteiger partial charge in [-0.05, 0) is 31.9 Å². The summed E-state index contributed by atoms with van der Waals surface area (Å²) in [6.07, 6.45) is 1.30. The Bertz CT molecular complexity index is 345. The third-order valence-electron chi connectivity index (χ3n) is 2.48. The Balaban J connectivity index is 2.27. The molecule has 0 radical (unpaired) electrons. The van der Waals surface area contributed by atoms with Gasteiger partial charge in [0.1, 0.15) is 11.6 Å². The van der Waals surface area contributed by atoms with E-state index in [1.165, 1.54) is 6.07 Å². The van der Waals surface area contributed by atoms with Crippen molar-refractivity contribution in [2.75, 3.05) is 6.61 Å². The second-order valence-corrected chi connectivity index (χ2v) is 3.61. The fraction of sp³-hybridized carbons (Fsp3) is 0.455. The van der Waals surface area contributed by atoms with Crippen molar-refractivity contribution >= 4 is 0 Å². The summed E-state index contributed by atoms with van der Waals surface area (Å²) in [6.45, 7) is 2.36. The fourth-order valence-electron chi connectivity index (χ4n) is 1.52. The summed E-state index contributed by atoms with van der Waals surface area (Å²) in [5, 5.41) is 9.72. The largest absolute Gasteiger partial charge is 0.494 e. The number of halogens is 1. The van der Waals surface area contributed by atoms with E-state index < -0.39 is 5.60 Å². The van der Waals surface area contributed by atoms with Crippen molar-refractivity contribution in [3.63, 3.8) is 0 Å². The molecule has 1 aliphatic carbocycles. The molecule has 0 heterocycles. The summed E-state index contributed by atoms with van der Waals surface area (Å²) in [7, 11) is 0. The van der Waals surface area contributed by atoms with Crippen LogP contribution in [0.2, 0.25) is 0 Å². The van der Waals surface area contributed by atoms with Crippen LogP contribution in [0.5, 0.6) is 5.75 Å². The number of hydrogen-bond acceptors (Lipinski definition) is 2. The minimum absolute atomic E-state index is 0.379. The zero-order valence-electron chi connectivity index (χ0n) is 8.09. The van der Waals surface area contributed by atoms with Gasteiger partial charge in [0.15, 0.2) is 0 Å². The van der Waals surface area contributed by atoms with Crippen LogP contribution in [0.1, 0.15) is 25.3 Å². The molecule has 0 unspecified atom stereocenters. The highest BCUT2D eigenvalue weighted by atomic mass is 19.1. The second-order valence-electron chi connectivity index (χ2n) is 3.61. The Morgan fingerprint density at radius 1 is 1.50 bits per heavy atom. The van der Waals surface area contributed by atoms with Crippen LogP contribution in [-0.2, 0) is 5.60 Å². The monoisotopic (exact) mass is 196 g/mol. The first-order chi connectivity index (χ1) is 6.65. The quantitative estimate of drug-likeness (QED) is 0.803. The summed E-state index contributed by atoms with van der Waals surface area (Å²) in [6, 6.07) is 4.63. The molecule has 0 atom stereocenters. The topological polar surface area (TPSA) is 29.5 Å². The summed E-state index contributed by atoms with van der Waals surface area (Å²) in [4.78, 5) is 0. The first-order valence-corrected chi connectivity index (χ1v) is 4.81. The van der Waals surface area contributed by atoms with Gasteiger partial charge in [-0.15, -0.1) is 0 Å². The maximum absolute atomic E-state index is 13.5. The molecule has 1 aromatic carbocycles. The molecular weight excluding hydrogens is 183 g/mol. The van der Waals surface area contributed by atoms with Crippen molar-refractivity contribution in [1.82, 2.24) is 0 Å². The average molecular weight is 196 g/mol. The lowest BCUT2D eigenvalue weighted by molar-refractivity contribution is 0.146. The van der Waals surface area contributed by atoms with Crippen molar-refractivity contribution in [2.45, 2.75) is 25.4 Å². The third kappa shape index (κ3) is 1.60. The van der Waals surface area contributed by atoms with Crippen molar-refractivity contribution in [3.8, 4) is 5.75 Å². The zero-order valence-corrected chi connectivity index (χ0v) is 8.09. The summed E-state index contributed by atoms with van der Waals surface area (Å²) in [5.41, 5.74) is -0.518. The number of aliphatic hydroxyl groups is 1. The van der Waals surface area contributed by atoms with Gasteiger partial charge in [0, 0.05) is 11.6 Å². The molecule has 1 aromatic rings. The lowest BCUT2D eigenvalue weighted by Gasteiger charge is -2.10. The van der Waals surface area contributed by atoms with Gasteiger partial charge in [-0.25, -0.2) is 4.39 Å². The van der Waals surface area contributed by atoms with Gasteiger partial charge in [-0.1, -0.05) is 0 Å². The van der Waals surface area contributed by atoms with E-state index in [2.05, 4.69) is 0 Å². The van der Waals surface area contributed by atoms with Crippen LogP contribution in [0.25, 0.3) is 0 Å². The Kier molecular flexibility index (Phi) is 2.19. The Hall–Kier alpha value is -1.09. The molecular formula is C11H13FO2. The van der Waals surface area contributed by atoms with Crippen LogP contribution < -0.4 is 4.74 Å². The lowest BCUT2D eigenvalue weighted by atomic mass is 10.1. The van der Waals surface area contributed by atoms with Crippen molar-refractivity contribution in [3.05, 3.63) is 29.6 Å².